The van der Waals surface area contributed by atoms with Crippen molar-refractivity contribution in [3.63, 3.8) is 0 Å². The Hall–Kier alpha value is 0.250. The minimum atomic E-state index is -0.0952. The number of ether oxygens (including phenoxy) is 1. The molecule has 1 rings (SSSR count). The van der Waals surface area contributed by atoms with Crippen LogP contribution >= 0.6 is 11.6 Å². The molecule has 1 nitrogen and oxygen atoms in total. The highest BCUT2D eigenvalue weighted by Crippen LogP contribution is 2.26. The molecular weight excluding hydrogens is 160 g/mol. The maximum absolute atomic E-state index is 6.09. The van der Waals surface area contributed by atoms with Gasteiger partial charge in [-0.15, -0.1) is 11.6 Å². The zero-order valence-electron chi connectivity index (χ0n) is 7.40. The molecule has 0 amide bonds. The van der Waals surface area contributed by atoms with Gasteiger partial charge in [0.1, 0.15) is 0 Å². The van der Waals surface area contributed by atoms with Gasteiger partial charge in [0.2, 0.25) is 0 Å². The number of hydrogen-bond acceptors (Lipinski definition) is 1. The topological polar surface area (TPSA) is 9.23 Å². The summed E-state index contributed by atoms with van der Waals surface area (Å²) in [7, 11) is 0. The Morgan fingerprint density at radius 2 is 2.18 bits per heavy atom. The van der Waals surface area contributed by atoms with Gasteiger partial charge in [0.25, 0.3) is 0 Å². The van der Waals surface area contributed by atoms with Crippen LogP contribution in [-0.2, 0) is 4.74 Å². The molecule has 1 saturated heterocycles. The van der Waals surface area contributed by atoms with E-state index in [0.717, 1.165) is 13.0 Å². The summed E-state index contributed by atoms with van der Waals surface area (Å²) in [5.74, 6) is 0. The van der Waals surface area contributed by atoms with Crippen molar-refractivity contribution in [2.45, 2.75) is 50.5 Å². The van der Waals surface area contributed by atoms with Crippen molar-refractivity contribution in [3.05, 3.63) is 0 Å². The summed E-state index contributed by atoms with van der Waals surface area (Å²) >= 11 is 6.09. The van der Waals surface area contributed by atoms with Gasteiger partial charge in [0.15, 0.2) is 0 Å². The lowest BCUT2D eigenvalue weighted by Gasteiger charge is -2.27. The molecule has 1 aliphatic rings. The van der Waals surface area contributed by atoms with Crippen LogP contribution in [0.2, 0.25) is 0 Å². The first-order valence-corrected chi connectivity index (χ1v) is 4.76. The quantitative estimate of drug-likeness (QED) is 0.588. The summed E-state index contributed by atoms with van der Waals surface area (Å²) in [5, 5.41) is 0. The van der Waals surface area contributed by atoms with Crippen molar-refractivity contribution < 1.29 is 4.74 Å². The zero-order valence-corrected chi connectivity index (χ0v) is 8.16. The third-order valence-electron chi connectivity index (χ3n) is 1.99. The van der Waals surface area contributed by atoms with Crippen LogP contribution in [0.25, 0.3) is 0 Å². The second kappa shape index (κ2) is 3.77. The van der Waals surface area contributed by atoms with E-state index in [0.29, 0.717) is 6.10 Å². The van der Waals surface area contributed by atoms with Crippen LogP contribution in [0.15, 0.2) is 0 Å². The molecule has 0 aromatic heterocycles. The monoisotopic (exact) mass is 176 g/mol. The predicted octanol–water partition coefficient (Wildman–Crippen LogP) is 2.96. The number of rotatable bonds is 2. The Bertz CT molecular complexity index is 111. The average molecular weight is 177 g/mol. The van der Waals surface area contributed by atoms with Crippen LogP contribution in [0.1, 0.15) is 39.5 Å². The molecule has 1 heterocycles. The SMILES string of the molecule is CC(C)(Cl)CC1CCCCO1. The maximum atomic E-state index is 6.09. The van der Waals surface area contributed by atoms with E-state index >= 15 is 0 Å². The number of alkyl halides is 1. The molecule has 0 saturated carbocycles. The smallest absolute Gasteiger partial charge is 0.0591 e. The lowest BCUT2D eigenvalue weighted by atomic mass is 9.99. The third kappa shape index (κ3) is 3.97. The first kappa shape index (κ1) is 9.34. The Morgan fingerprint density at radius 3 is 2.64 bits per heavy atom. The molecule has 0 aliphatic carbocycles. The standard InChI is InChI=1S/C9H17ClO/c1-9(2,10)7-8-5-3-4-6-11-8/h8H,3-7H2,1-2H3. The van der Waals surface area contributed by atoms with E-state index in [1.54, 1.807) is 0 Å². The second-order valence-corrected chi connectivity index (χ2v) is 4.93. The Kier molecular flexibility index (Phi) is 3.20. The predicted molar refractivity (Wildman–Crippen MR) is 48.1 cm³/mol. The molecule has 0 spiro atoms. The average Bonchev–Trinajstić information content (AvgIpc) is 1.85. The highest BCUT2D eigenvalue weighted by molar-refractivity contribution is 6.23. The van der Waals surface area contributed by atoms with Crippen molar-refractivity contribution >= 4 is 11.6 Å². The summed E-state index contributed by atoms with van der Waals surface area (Å²) in [6.07, 6.45) is 5.11. The van der Waals surface area contributed by atoms with Gasteiger partial charge in [-0.2, -0.15) is 0 Å². The molecule has 66 valence electrons. The second-order valence-electron chi connectivity index (χ2n) is 3.91. The molecule has 0 aromatic carbocycles. The lowest BCUT2D eigenvalue weighted by molar-refractivity contribution is 0.00648. The van der Waals surface area contributed by atoms with E-state index in [1.807, 2.05) is 13.8 Å². The summed E-state index contributed by atoms with van der Waals surface area (Å²) in [5.41, 5.74) is 0. The van der Waals surface area contributed by atoms with Crippen molar-refractivity contribution in [2.24, 2.45) is 0 Å². The van der Waals surface area contributed by atoms with Crippen molar-refractivity contribution in [3.8, 4) is 0 Å². The van der Waals surface area contributed by atoms with Gasteiger partial charge in [-0.3, -0.25) is 0 Å². The normalized spacial score (nSPS) is 27.0. The lowest BCUT2D eigenvalue weighted by Crippen LogP contribution is -2.26. The third-order valence-corrected chi connectivity index (χ3v) is 2.14. The highest BCUT2D eigenvalue weighted by Gasteiger charge is 2.22. The van der Waals surface area contributed by atoms with E-state index in [2.05, 4.69) is 0 Å². The summed E-state index contributed by atoms with van der Waals surface area (Å²) in [4.78, 5) is -0.0952. The van der Waals surface area contributed by atoms with Gasteiger partial charge in [0, 0.05) is 11.5 Å². The van der Waals surface area contributed by atoms with Crippen LogP contribution in [0.3, 0.4) is 0 Å². The van der Waals surface area contributed by atoms with Crippen molar-refractivity contribution in [1.82, 2.24) is 0 Å². The fourth-order valence-corrected chi connectivity index (χ4v) is 1.68. The molecule has 0 N–H and O–H groups in total. The van der Waals surface area contributed by atoms with Gasteiger partial charge in [0.05, 0.1) is 6.10 Å². The van der Waals surface area contributed by atoms with Gasteiger partial charge >= 0.3 is 0 Å². The van der Waals surface area contributed by atoms with Crippen molar-refractivity contribution in [1.29, 1.82) is 0 Å². The van der Waals surface area contributed by atoms with Gasteiger partial charge < -0.3 is 4.74 Å². The molecule has 11 heavy (non-hydrogen) atoms. The summed E-state index contributed by atoms with van der Waals surface area (Å²) in [6, 6.07) is 0. The van der Waals surface area contributed by atoms with Crippen LogP contribution < -0.4 is 0 Å². The Labute approximate surface area is 74.1 Å². The van der Waals surface area contributed by atoms with E-state index < -0.39 is 0 Å². The minimum Gasteiger partial charge on any atom is -0.378 e. The molecule has 0 aromatic rings. The van der Waals surface area contributed by atoms with Gasteiger partial charge in [-0.25, -0.2) is 0 Å². The Morgan fingerprint density at radius 1 is 1.45 bits per heavy atom. The molecule has 1 unspecified atom stereocenters. The van der Waals surface area contributed by atoms with Gasteiger partial charge in [-0.05, 0) is 39.5 Å². The maximum Gasteiger partial charge on any atom is 0.0591 e. The Balaban J connectivity index is 2.24. The minimum absolute atomic E-state index is 0.0952. The van der Waals surface area contributed by atoms with Crippen LogP contribution in [-0.4, -0.2) is 17.6 Å². The van der Waals surface area contributed by atoms with E-state index in [-0.39, 0.29) is 4.87 Å². The first-order chi connectivity index (χ1) is 5.08. The molecule has 2 heteroatoms. The molecule has 1 atom stereocenters. The number of hydrogen-bond donors (Lipinski definition) is 0. The van der Waals surface area contributed by atoms with Crippen LogP contribution in [0.5, 0.6) is 0 Å². The van der Waals surface area contributed by atoms with E-state index in [9.17, 15) is 0 Å². The fraction of sp³-hybridized carbons (Fsp3) is 1.00. The molecular formula is C9H17ClO. The molecule has 0 bridgehead atoms. The molecule has 1 fully saturated rings. The number of halogens is 1. The van der Waals surface area contributed by atoms with Crippen LogP contribution in [0.4, 0.5) is 0 Å². The van der Waals surface area contributed by atoms with E-state index in [1.165, 1.54) is 19.3 Å². The largest absolute Gasteiger partial charge is 0.378 e. The highest BCUT2D eigenvalue weighted by atomic mass is 35.5. The summed E-state index contributed by atoms with van der Waals surface area (Å²) < 4.78 is 5.57. The first-order valence-electron chi connectivity index (χ1n) is 4.38. The molecule has 1 aliphatic heterocycles. The molecule has 0 radical (unpaired) electrons. The van der Waals surface area contributed by atoms with E-state index in [4.69, 9.17) is 16.3 Å². The fourth-order valence-electron chi connectivity index (χ4n) is 1.51. The van der Waals surface area contributed by atoms with Crippen molar-refractivity contribution in [2.75, 3.05) is 6.61 Å². The van der Waals surface area contributed by atoms with Crippen LogP contribution in [0, 0.1) is 0 Å². The van der Waals surface area contributed by atoms with Gasteiger partial charge in [-0.1, -0.05) is 0 Å². The zero-order chi connectivity index (χ0) is 8.32. The summed E-state index contributed by atoms with van der Waals surface area (Å²) in [6.45, 7) is 5.02.